The Morgan fingerprint density at radius 2 is 2.50 bits per heavy atom. The number of nitrogens with one attached hydrogen (secondary N) is 1. The number of thioether (sulfide) groups is 1. The third-order valence-electron chi connectivity index (χ3n) is 0.809. The van der Waals surface area contributed by atoms with E-state index in [1.54, 1.807) is 12.4 Å². The highest BCUT2D eigenvalue weighted by Gasteiger charge is 2.03. The number of hydrogen-bond acceptors (Lipinski definition) is 3. The maximum absolute atomic E-state index is 8.38. The van der Waals surface area contributed by atoms with Crippen molar-refractivity contribution in [1.29, 1.82) is 10.7 Å². The summed E-state index contributed by atoms with van der Waals surface area (Å²) in [7, 11) is 0. The van der Waals surface area contributed by atoms with Crippen molar-refractivity contribution >= 4 is 16.9 Å². The van der Waals surface area contributed by atoms with E-state index >= 15 is 0 Å². The van der Waals surface area contributed by atoms with Gasteiger partial charge in [-0.2, -0.15) is 5.26 Å². The summed E-state index contributed by atoms with van der Waals surface area (Å²) in [5.74, 6) is 2.28. The molecule has 0 rings (SSSR count). The molecular weight excluding hydrogens is 146 g/mol. The number of terminal acetylenes is 1. The zero-order valence-electron chi connectivity index (χ0n) is 5.59. The van der Waals surface area contributed by atoms with Crippen LogP contribution in [-0.4, -0.2) is 22.9 Å². The van der Waals surface area contributed by atoms with Gasteiger partial charge >= 0.3 is 0 Å². The number of rotatable bonds is 1. The third-order valence-corrected chi connectivity index (χ3v) is 1.42. The third kappa shape index (κ3) is 2.43. The molecule has 0 heterocycles. The molecule has 0 aromatic heterocycles. The summed E-state index contributed by atoms with van der Waals surface area (Å²) >= 11 is 1.19. The normalized spacial score (nSPS) is 7.50. The van der Waals surface area contributed by atoms with Crippen LogP contribution in [0, 0.1) is 29.2 Å². The van der Waals surface area contributed by atoms with E-state index in [2.05, 4.69) is 5.92 Å². The first-order valence-corrected chi connectivity index (χ1v) is 3.72. The van der Waals surface area contributed by atoms with Crippen molar-refractivity contribution in [2.45, 2.75) is 0 Å². The van der Waals surface area contributed by atoms with Crippen LogP contribution < -0.4 is 0 Å². The van der Waals surface area contributed by atoms with Gasteiger partial charge in [-0.15, -0.1) is 6.42 Å². The molecule has 4 heteroatoms. The maximum Gasteiger partial charge on any atom is 0.186 e. The van der Waals surface area contributed by atoms with Gasteiger partial charge in [0.05, 0.1) is 6.54 Å². The lowest BCUT2D eigenvalue weighted by Gasteiger charge is -2.09. The molecule has 1 N–H and O–H groups in total. The summed E-state index contributed by atoms with van der Waals surface area (Å²) in [4.78, 5) is 1.14. The fourth-order valence-electron chi connectivity index (χ4n) is 0.354. The van der Waals surface area contributed by atoms with E-state index < -0.39 is 0 Å². The summed E-state index contributed by atoms with van der Waals surface area (Å²) in [6.45, 7) is 0.177. The molecule has 0 atom stereocenters. The molecule has 0 radical (unpaired) electrons. The van der Waals surface area contributed by atoms with Crippen LogP contribution in [0.25, 0.3) is 0 Å². The van der Waals surface area contributed by atoms with Gasteiger partial charge in [0, 0.05) is 0 Å². The fraction of sp³-hybridized carbons (Fsp3) is 0.333. The van der Waals surface area contributed by atoms with Gasteiger partial charge in [-0.05, 0) is 6.26 Å². The molecule has 0 aliphatic heterocycles. The summed E-state index contributed by atoms with van der Waals surface area (Å²) in [6.07, 6.45) is 8.47. The molecule has 0 aliphatic carbocycles. The Balaban J connectivity index is 4.00. The van der Waals surface area contributed by atoms with Crippen molar-refractivity contribution in [1.82, 2.24) is 4.90 Å². The van der Waals surface area contributed by atoms with Crippen LogP contribution >= 0.6 is 11.8 Å². The molecule has 0 saturated heterocycles. The van der Waals surface area contributed by atoms with Crippen LogP contribution in [-0.2, 0) is 0 Å². The van der Waals surface area contributed by atoms with Crippen molar-refractivity contribution in [2.24, 2.45) is 0 Å². The fourth-order valence-corrected chi connectivity index (χ4v) is 0.680. The number of hydrogen-bond donors (Lipinski definition) is 1. The average molecular weight is 153 g/mol. The summed E-state index contributed by atoms with van der Waals surface area (Å²) in [5, 5.41) is 15.7. The molecule has 0 amide bonds. The van der Waals surface area contributed by atoms with Crippen molar-refractivity contribution in [3.8, 4) is 18.5 Å². The smallest absolute Gasteiger partial charge is 0.186 e. The molecule has 52 valence electrons. The lowest BCUT2D eigenvalue weighted by atomic mass is 10.6. The minimum Gasteiger partial charge on any atom is -0.278 e. The van der Waals surface area contributed by atoms with Crippen molar-refractivity contribution in [3.05, 3.63) is 0 Å². The van der Waals surface area contributed by atoms with Crippen LogP contribution in [0.4, 0.5) is 0 Å². The lowest BCUT2D eigenvalue weighted by Crippen LogP contribution is -2.22. The molecule has 0 saturated carbocycles. The van der Waals surface area contributed by atoms with Crippen LogP contribution in [0.1, 0.15) is 0 Å². The molecule has 0 bridgehead atoms. The first-order valence-electron chi connectivity index (χ1n) is 2.49. The first-order chi connectivity index (χ1) is 4.76. The molecule has 10 heavy (non-hydrogen) atoms. The lowest BCUT2D eigenvalue weighted by molar-refractivity contribution is 0.663. The van der Waals surface area contributed by atoms with E-state index in [9.17, 15) is 0 Å². The second-order valence-electron chi connectivity index (χ2n) is 1.40. The summed E-state index contributed by atoms with van der Waals surface area (Å²) in [6, 6.07) is 0. The van der Waals surface area contributed by atoms with E-state index in [1.165, 1.54) is 11.8 Å². The minimum absolute atomic E-state index is 0.177. The van der Waals surface area contributed by atoms with Crippen molar-refractivity contribution in [2.75, 3.05) is 12.8 Å². The monoisotopic (exact) mass is 153 g/mol. The van der Waals surface area contributed by atoms with Crippen molar-refractivity contribution in [3.63, 3.8) is 0 Å². The molecule has 0 spiro atoms. The van der Waals surface area contributed by atoms with Gasteiger partial charge in [0.15, 0.2) is 11.4 Å². The Morgan fingerprint density at radius 1 is 1.90 bits per heavy atom. The van der Waals surface area contributed by atoms with Gasteiger partial charge in [0.2, 0.25) is 0 Å². The van der Waals surface area contributed by atoms with Gasteiger partial charge in [-0.3, -0.25) is 5.41 Å². The SMILES string of the molecule is C#CCN(C#N)C(=N)SC. The van der Waals surface area contributed by atoms with Crippen LogP contribution in [0.15, 0.2) is 0 Å². The predicted octanol–water partition coefficient (Wildman–Crippen LogP) is 0.700. The molecular formula is C6H7N3S. The van der Waals surface area contributed by atoms with Gasteiger partial charge < -0.3 is 0 Å². The highest BCUT2D eigenvalue weighted by atomic mass is 32.2. The largest absolute Gasteiger partial charge is 0.278 e. The van der Waals surface area contributed by atoms with E-state index in [-0.39, 0.29) is 11.7 Å². The number of nitriles is 1. The topological polar surface area (TPSA) is 50.9 Å². The van der Waals surface area contributed by atoms with Crippen LogP contribution in [0.3, 0.4) is 0 Å². The maximum atomic E-state index is 8.38. The highest BCUT2D eigenvalue weighted by molar-refractivity contribution is 8.13. The van der Waals surface area contributed by atoms with Crippen molar-refractivity contribution < 1.29 is 0 Å². The Morgan fingerprint density at radius 3 is 2.80 bits per heavy atom. The molecule has 0 aliphatic rings. The van der Waals surface area contributed by atoms with Gasteiger partial charge in [-0.25, -0.2) is 4.90 Å². The number of nitrogens with zero attached hydrogens (tertiary/aromatic N) is 2. The Bertz CT molecular complexity index is 198. The molecule has 0 aromatic carbocycles. The van der Waals surface area contributed by atoms with Gasteiger partial charge in [-0.1, -0.05) is 17.7 Å². The Hall–Kier alpha value is -1.13. The summed E-state index contributed by atoms with van der Waals surface area (Å²) in [5.41, 5.74) is 0. The summed E-state index contributed by atoms with van der Waals surface area (Å²) < 4.78 is 0. The molecule has 0 unspecified atom stereocenters. The van der Waals surface area contributed by atoms with E-state index in [1.807, 2.05) is 0 Å². The zero-order valence-corrected chi connectivity index (χ0v) is 6.40. The second-order valence-corrected chi connectivity index (χ2v) is 2.19. The van der Waals surface area contributed by atoms with Crippen LogP contribution in [0.2, 0.25) is 0 Å². The Labute approximate surface area is 64.5 Å². The first kappa shape index (κ1) is 8.87. The van der Waals surface area contributed by atoms with E-state index in [4.69, 9.17) is 17.1 Å². The number of amidine groups is 1. The molecule has 0 fully saturated rings. The Kier molecular flexibility index (Phi) is 4.19. The second kappa shape index (κ2) is 4.72. The highest BCUT2D eigenvalue weighted by Crippen LogP contribution is 1.99. The van der Waals surface area contributed by atoms with E-state index in [0.29, 0.717) is 0 Å². The average Bonchev–Trinajstić information content (AvgIpc) is 1.99. The molecule has 0 aromatic rings. The van der Waals surface area contributed by atoms with Gasteiger partial charge in [0.1, 0.15) is 0 Å². The zero-order chi connectivity index (χ0) is 7.98. The van der Waals surface area contributed by atoms with Gasteiger partial charge in [0.25, 0.3) is 0 Å². The van der Waals surface area contributed by atoms with E-state index in [0.717, 1.165) is 4.90 Å². The molecule has 3 nitrogen and oxygen atoms in total. The van der Waals surface area contributed by atoms with Crippen LogP contribution in [0.5, 0.6) is 0 Å². The predicted molar refractivity (Wildman–Crippen MR) is 42.4 cm³/mol. The minimum atomic E-state index is 0.177. The quantitative estimate of drug-likeness (QED) is 0.198. The standard InChI is InChI=1S/C6H7N3S/c1-3-4-9(5-7)6(8)10-2/h1,8H,4H2,2H3.